The van der Waals surface area contributed by atoms with Crippen molar-refractivity contribution in [2.24, 2.45) is 0 Å². The minimum absolute atomic E-state index is 0.206. The van der Waals surface area contributed by atoms with Gasteiger partial charge in [-0.25, -0.2) is 0 Å². The molecule has 1 radical (unpaired) electrons. The van der Waals surface area contributed by atoms with E-state index in [2.05, 4.69) is 64.4 Å². The second-order valence-electron chi connectivity index (χ2n) is 6.26. The van der Waals surface area contributed by atoms with Crippen LogP contribution in [0.4, 0.5) is 0 Å². The third-order valence-electron chi connectivity index (χ3n) is 4.58. The molecule has 0 aliphatic rings. The van der Waals surface area contributed by atoms with Crippen LogP contribution in [0.25, 0.3) is 10.9 Å². The highest BCUT2D eigenvalue weighted by atomic mass is 79.9. The van der Waals surface area contributed by atoms with Crippen LogP contribution >= 0.6 is 15.9 Å². The average Bonchev–Trinajstić information content (AvgIpc) is 3.07. The first-order chi connectivity index (χ1) is 12.7. The van der Waals surface area contributed by atoms with Gasteiger partial charge in [-0.05, 0) is 60.0 Å². The summed E-state index contributed by atoms with van der Waals surface area (Å²) in [6, 6.07) is 24.4. The van der Waals surface area contributed by atoms with Gasteiger partial charge < -0.3 is 9.72 Å². The molecule has 0 saturated carbocycles. The van der Waals surface area contributed by atoms with Crippen molar-refractivity contribution in [3.8, 4) is 11.5 Å². The van der Waals surface area contributed by atoms with E-state index in [1.807, 2.05) is 42.5 Å². The third kappa shape index (κ3) is 3.40. The number of aromatic amines is 1. The molecule has 4 aromatic rings. The Morgan fingerprint density at radius 1 is 0.923 bits per heavy atom. The van der Waals surface area contributed by atoms with E-state index in [1.54, 1.807) is 0 Å². The number of H-pyrrole nitrogens is 1. The van der Waals surface area contributed by atoms with Gasteiger partial charge in [-0.2, -0.15) is 0 Å². The molecule has 0 amide bonds. The second kappa shape index (κ2) is 7.38. The van der Waals surface area contributed by atoms with E-state index in [0.29, 0.717) is 0 Å². The molecule has 0 bridgehead atoms. The van der Waals surface area contributed by atoms with Gasteiger partial charge in [0.1, 0.15) is 11.5 Å². The van der Waals surface area contributed by atoms with Crippen LogP contribution in [0.5, 0.6) is 11.5 Å². The lowest BCUT2D eigenvalue weighted by atomic mass is 9.89. The first-order valence-corrected chi connectivity index (χ1v) is 9.42. The van der Waals surface area contributed by atoms with E-state index in [0.717, 1.165) is 27.9 Å². The molecule has 0 aliphatic heterocycles. The maximum Gasteiger partial charge on any atom is 0.127 e. The normalized spacial score (nSPS) is 12.2. The Kier molecular flexibility index (Phi) is 4.81. The summed E-state index contributed by atoms with van der Waals surface area (Å²) in [5, 5.41) is 1.22. The van der Waals surface area contributed by atoms with Crippen LogP contribution in [0.2, 0.25) is 0 Å². The number of benzene rings is 3. The lowest BCUT2D eigenvalue weighted by molar-refractivity contribution is 0.481. The highest BCUT2D eigenvalue weighted by Gasteiger charge is 2.17. The lowest BCUT2D eigenvalue weighted by Gasteiger charge is -2.16. The van der Waals surface area contributed by atoms with Gasteiger partial charge in [0.05, 0.1) is 0 Å². The molecule has 0 spiro atoms. The summed E-state index contributed by atoms with van der Waals surface area (Å²) in [5.41, 5.74) is 3.60. The van der Waals surface area contributed by atoms with Crippen molar-refractivity contribution >= 4 is 26.8 Å². The van der Waals surface area contributed by atoms with Crippen LogP contribution in [0.1, 0.15) is 23.5 Å². The van der Waals surface area contributed by atoms with Crippen LogP contribution in [0.3, 0.4) is 0 Å². The Hall–Kier alpha value is -2.52. The van der Waals surface area contributed by atoms with Gasteiger partial charge in [0.2, 0.25) is 0 Å². The number of ether oxygens (including phenoxy) is 1. The smallest absolute Gasteiger partial charge is 0.127 e. The van der Waals surface area contributed by atoms with E-state index in [9.17, 15) is 0 Å². The molecule has 3 aromatic carbocycles. The minimum atomic E-state index is 0.206. The Bertz CT molecular complexity index is 1020. The fourth-order valence-electron chi connectivity index (χ4n) is 3.32. The predicted octanol–water partition coefficient (Wildman–Crippen LogP) is 7.08. The van der Waals surface area contributed by atoms with Gasteiger partial charge >= 0.3 is 0 Å². The molecule has 129 valence electrons. The van der Waals surface area contributed by atoms with E-state index in [4.69, 9.17) is 4.74 Å². The number of hydrogen-bond donors (Lipinski definition) is 1. The molecule has 1 N–H and O–H groups in total. The van der Waals surface area contributed by atoms with E-state index < -0.39 is 0 Å². The van der Waals surface area contributed by atoms with Crippen molar-refractivity contribution in [2.75, 3.05) is 0 Å². The molecule has 0 fully saturated rings. The molecule has 2 nitrogen and oxygen atoms in total. The van der Waals surface area contributed by atoms with Gasteiger partial charge in [-0.3, -0.25) is 0 Å². The molecule has 4 rings (SSSR count). The van der Waals surface area contributed by atoms with Crippen molar-refractivity contribution in [1.29, 1.82) is 0 Å². The molecule has 0 aliphatic carbocycles. The largest absolute Gasteiger partial charge is 0.457 e. The quantitative estimate of drug-likeness (QED) is 0.377. The number of halogens is 1. The summed E-state index contributed by atoms with van der Waals surface area (Å²) in [4.78, 5) is 3.37. The van der Waals surface area contributed by atoms with Gasteiger partial charge in [0.25, 0.3) is 0 Å². The van der Waals surface area contributed by atoms with Crippen molar-refractivity contribution in [2.45, 2.75) is 12.3 Å². The topological polar surface area (TPSA) is 25.0 Å². The molecular formula is C23H19BrNO. The molecular weight excluding hydrogens is 386 g/mol. The summed E-state index contributed by atoms with van der Waals surface area (Å²) < 4.78 is 7.08. The highest BCUT2D eigenvalue weighted by molar-refractivity contribution is 9.10. The maximum absolute atomic E-state index is 6.00. The van der Waals surface area contributed by atoms with E-state index in [1.165, 1.54) is 16.5 Å². The average molecular weight is 405 g/mol. The van der Waals surface area contributed by atoms with Crippen LogP contribution in [0, 0.1) is 6.92 Å². The lowest BCUT2D eigenvalue weighted by Crippen LogP contribution is -1.99. The zero-order chi connectivity index (χ0) is 17.9. The number of nitrogens with one attached hydrogen (secondary N) is 1. The zero-order valence-corrected chi connectivity index (χ0v) is 15.9. The summed E-state index contributed by atoms with van der Waals surface area (Å²) in [6.07, 6.45) is 2.87. The molecule has 1 unspecified atom stereocenters. The minimum Gasteiger partial charge on any atom is -0.457 e. The number of fused-ring (bicyclic) bond motifs is 1. The molecule has 1 atom stereocenters. The summed E-state index contributed by atoms with van der Waals surface area (Å²) >= 11 is 3.58. The van der Waals surface area contributed by atoms with Gasteiger partial charge in [-0.15, -0.1) is 0 Å². The molecule has 3 heteroatoms. The summed E-state index contributed by atoms with van der Waals surface area (Å²) in [6.45, 7) is 4.19. The molecule has 1 aromatic heterocycles. The van der Waals surface area contributed by atoms with Gasteiger partial charge in [0.15, 0.2) is 0 Å². The molecule has 26 heavy (non-hydrogen) atoms. The first kappa shape index (κ1) is 16.9. The maximum atomic E-state index is 6.00. The molecule has 0 saturated heterocycles. The molecule has 1 heterocycles. The fourth-order valence-corrected chi connectivity index (χ4v) is 3.68. The standard InChI is InChI=1S/C23H19BrNO/c1-2-20(22-15-25-23-12-11-17(24)14-21(22)23)16-7-6-10-19(13-16)26-18-8-4-3-5-9-18/h3-15,20,25H,1-2H2. The number of aromatic nitrogens is 1. The Labute approximate surface area is 162 Å². The Balaban J connectivity index is 1.70. The third-order valence-corrected chi connectivity index (χ3v) is 5.07. The number of rotatable bonds is 5. The Morgan fingerprint density at radius 2 is 1.73 bits per heavy atom. The monoisotopic (exact) mass is 404 g/mol. The van der Waals surface area contributed by atoms with Crippen molar-refractivity contribution in [3.05, 3.63) is 102 Å². The summed E-state index contributed by atoms with van der Waals surface area (Å²) in [7, 11) is 0. The van der Waals surface area contributed by atoms with E-state index >= 15 is 0 Å². The first-order valence-electron chi connectivity index (χ1n) is 8.63. The second-order valence-corrected chi connectivity index (χ2v) is 7.18. The van der Waals surface area contributed by atoms with Crippen LogP contribution in [-0.2, 0) is 0 Å². The summed E-state index contributed by atoms with van der Waals surface area (Å²) in [5.74, 6) is 1.89. The van der Waals surface area contributed by atoms with Gasteiger partial charge in [0, 0.05) is 27.5 Å². The van der Waals surface area contributed by atoms with Gasteiger partial charge in [-0.1, -0.05) is 53.2 Å². The van der Waals surface area contributed by atoms with Crippen LogP contribution < -0.4 is 4.74 Å². The van der Waals surface area contributed by atoms with Crippen molar-refractivity contribution in [3.63, 3.8) is 0 Å². The fraction of sp³-hybridized carbons (Fsp3) is 0.0870. The van der Waals surface area contributed by atoms with Crippen molar-refractivity contribution in [1.82, 2.24) is 4.98 Å². The number of para-hydroxylation sites is 1. The predicted molar refractivity (Wildman–Crippen MR) is 111 cm³/mol. The Morgan fingerprint density at radius 3 is 2.54 bits per heavy atom. The highest BCUT2D eigenvalue weighted by Crippen LogP contribution is 2.36. The van der Waals surface area contributed by atoms with Crippen LogP contribution in [0.15, 0.2) is 83.5 Å². The van der Waals surface area contributed by atoms with Crippen LogP contribution in [-0.4, -0.2) is 4.98 Å². The van der Waals surface area contributed by atoms with E-state index in [-0.39, 0.29) is 5.92 Å². The number of hydrogen-bond acceptors (Lipinski definition) is 1. The van der Waals surface area contributed by atoms with Crippen molar-refractivity contribution < 1.29 is 4.74 Å². The zero-order valence-electron chi connectivity index (χ0n) is 14.3. The SMILES string of the molecule is [CH2]CC(c1cccc(Oc2ccccc2)c1)c1c[nH]c2ccc(Br)cc12.